The fourth-order valence-electron chi connectivity index (χ4n) is 1.03. The van der Waals surface area contributed by atoms with Crippen molar-refractivity contribution in [1.29, 1.82) is 0 Å². The average molecular weight is 264 g/mol. The Morgan fingerprint density at radius 3 is 2.69 bits per heavy atom. The van der Waals surface area contributed by atoms with Crippen molar-refractivity contribution >= 4 is 29.1 Å². The van der Waals surface area contributed by atoms with Crippen LogP contribution in [0.15, 0.2) is 11.0 Å². The van der Waals surface area contributed by atoms with E-state index in [9.17, 15) is 9.59 Å². The van der Waals surface area contributed by atoms with E-state index in [1.165, 1.54) is 11.1 Å². The van der Waals surface area contributed by atoms with Gasteiger partial charge < -0.3 is 4.90 Å². The predicted molar refractivity (Wildman–Crippen MR) is 61.8 cm³/mol. The number of aromatic nitrogens is 2. The number of hydrogen-bond acceptors (Lipinski definition) is 3. The van der Waals surface area contributed by atoms with Crippen LogP contribution < -0.4 is 5.56 Å². The second-order valence-corrected chi connectivity index (χ2v) is 4.16. The maximum Gasteiger partial charge on any atom is 0.287 e. The summed E-state index contributed by atoms with van der Waals surface area (Å²) in [5, 5.41) is 3.82. The lowest BCUT2D eigenvalue weighted by molar-refractivity contribution is -0.128. The molecule has 1 rings (SSSR count). The van der Waals surface area contributed by atoms with Crippen LogP contribution in [0, 0.1) is 0 Å². The molecule has 0 radical (unpaired) electrons. The molecule has 1 aromatic heterocycles. The predicted octanol–water partition coefficient (Wildman–Crippen LogP) is 1.03. The molecule has 0 unspecified atom stereocenters. The standard InChI is InChI=1S/C9H11Cl2N3O2/c1-13(2)7(15)3-4-14-9(16)8(11)6(10)5-12-14/h5H,3-4H2,1-2H3. The summed E-state index contributed by atoms with van der Waals surface area (Å²) in [5.41, 5.74) is -0.485. The smallest absolute Gasteiger partial charge is 0.287 e. The maximum absolute atomic E-state index is 11.5. The molecular formula is C9H11Cl2N3O2. The van der Waals surface area contributed by atoms with Crippen LogP contribution in [0.4, 0.5) is 0 Å². The summed E-state index contributed by atoms with van der Waals surface area (Å²) in [4.78, 5) is 24.3. The molecule has 0 saturated heterocycles. The summed E-state index contributed by atoms with van der Waals surface area (Å²) in [6, 6.07) is 0. The lowest BCUT2D eigenvalue weighted by Gasteiger charge is -2.10. The van der Waals surface area contributed by atoms with Crippen LogP contribution in [-0.4, -0.2) is 34.7 Å². The Morgan fingerprint density at radius 1 is 1.50 bits per heavy atom. The largest absolute Gasteiger partial charge is 0.349 e. The summed E-state index contributed by atoms with van der Waals surface area (Å²) in [7, 11) is 3.29. The van der Waals surface area contributed by atoms with Crippen LogP contribution in [0.5, 0.6) is 0 Å². The molecular weight excluding hydrogens is 253 g/mol. The monoisotopic (exact) mass is 263 g/mol. The van der Waals surface area contributed by atoms with Gasteiger partial charge >= 0.3 is 0 Å². The highest BCUT2D eigenvalue weighted by Crippen LogP contribution is 2.14. The molecule has 0 N–H and O–H groups in total. The highest BCUT2D eigenvalue weighted by Gasteiger charge is 2.09. The van der Waals surface area contributed by atoms with Crippen LogP contribution in [0.3, 0.4) is 0 Å². The molecule has 0 fully saturated rings. The highest BCUT2D eigenvalue weighted by atomic mass is 35.5. The van der Waals surface area contributed by atoms with Gasteiger partial charge in [-0.3, -0.25) is 9.59 Å². The molecule has 1 aromatic rings. The van der Waals surface area contributed by atoms with Crippen molar-refractivity contribution in [2.24, 2.45) is 0 Å². The van der Waals surface area contributed by atoms with E-state index in [0.717, 1.165) is 4.68 Å². The number of halogens is 2. The van der Waals surface area contributed by atoms with E-state index in [2.05, 4.69) is 5.10 Å². The van der Waals surface area contributed by atoms with Crippen molar-refractivity contribution in [2.45, 2.75) is 13.0 Å². The molecule has 0 bridgehead atoms. The van der Waals surface area contributed by atoms with Gasteiger partial charge in [-0.15, -0.1) is 0 Å². The van der Waals surface area contributed by atoms with Crippen molar-refractivity contribution in [3.63, 3.8) is 0 Å². The van der Waals surface area contributed by atoms with Gasteiger partial charge in [-0.2, -0.15) is 5.10 Å². The van der Waals surface area contributed by atoms with Gasteiger partial charge in [-0.25, -0.2) is 4.68 Å². The van der Waals surface area contributed by atoms with Crippen LogP contribution >= 0.6 is 23.2 Å². The molecule has 7 heteroatoms. The lowest BCUT2D eigenvalue weighted by atomic mass is 10.4. The summed E-state index contributed by atoms with van der Waals surface area (Å²) in [6.45, 7) is 0.187. The zero-order chi connectivity index (χ0) is 12.3. The molecule has 0 atom stereocenters. The topological polar surface area (TPSA) is 55.2 Å². The van der Waals surface area contributed by atoms with E-state index >= 15 is 0 Å². The number of nitrogens with zero attached hydrogens (tertiary/aromatic N) is 3. The van der Waals surface area contributed by atoms with Crippen LogP contribution in [0.25, 0.3) is 0 Å². The zero-order valence-electron chi connectivity index (χ0n) is 8.91. The van der Waals surface area contributed by atoms with Crippen molar-refractivity contribution in [2.75, 3.05) is 14.1 Å². The molecule has 0 aliphatic rings. The SMILES string of the molecule is CN(C)C(=O)CCn1ncc(Cl)c(Cl)c1=O. The normalized spacial score (nSPS) is 10.2. The van der Waals surface area contributed by atoms with E-state index in [1.807, 2.05) is 0 Å². The van der Waals surface area contributed by atoms with Crippen molar-refractivity contribution in [1.82, 2.24) is 14.7 Å². The Labute approximate surface area is 103 Å². The summed E-state index contributed by atoms with van der Waals surface area (Å²) < 4.78 is 1.12. The first-order valence-corrected chi connectivity index (χ1v) is 5.30. The van der Waals surface area contributed by atoms with Crippen molar-refractivity contribution in [3.8, 4) is 0 Å². The van der Waals surface area contributed by atoms with Crippen LogP contribution in [0.2, 0.25) is 10.0 Å². The van der Waals surface area contributed by atoms with Crippen molar-refractivity contribution in [3.05, 3.63) is 26.6 Å². The van der Waals surface area contributed by atoms with E-state index in [0.29, 0.717) is 0 Å². The first-order chi connectivity index (χ1) is 7.43. The van der Waals surface area contributed by atoms with Gasteiger partial charge in [0, 0.05) is 20.5 Å². The fourth-order valence-corrected chi connectivity index (χ4v) is 1.30. The molecule has 1 amide bonds. The highest BCUT2D eigenvalue weighted by molar-refractivity contribution is 6.41. The fraction of sp³-hybridized carbons (Fsp3) is 0.444. The third kappa shape index (κ3) is 2.96. The lowest BCUT2D eigenvalue weighted by Crippen LogP contribution is -2.28. The molecule has 1 heterocycles. The molecule has 0 spiro atoms. The van der Waals surface area contributed by atoms with Gasteiger partial charge in [0.15, 0.2) is 0 Å². The van der Waals surface area contributed by atoms with Crippen LogP contribution in [-0.2, 0) is 11.3 Å². The molecule has 0 saturated carbocycles. The number of aryl methyl sites for hydroxylation is 1. The number of carbonyl (C=O) groups excluding carboxylic acids is 1. The molecule has 0 aromatic carbocycles. The molecule has 5 nitrogen and oxygen atoms in total. The number of carbonyl (C=O) groups is 1. The van der Waals surface area contributed by atoms with Gasteiger partial charge in [0.2, 0.25) is 5.91 Å². The quantitative estimate of drug-likeness (QED) is 0.819. The number of amides is 1. The van der Waals surface area contributed by atoms with Crippen molar-refractivity contribution < 1.29 is 4.79 Å². The Hall–Kier alpha value is -1.07. The minimum atomic E-state index is -0.485. The molecule has 88 valence electrons. The Bertz CT molecular complexity index is 457. The van der Waals surface area contributed by atoms with Gasteiger partial charge in [0.05, 0.1) is 17.8 Å². The van der Waals surface area contributed by atoms with Gasteiger partial charge in [0.25, 0.3) is 5.56 Å². The number of hydrogen-bond donors (Lipinski definition) is 0. The third-order valence-electron chi connectivity index (χ3n) is 1.98. The second kappa shape index (κ2) is 5.32. The van der Waals surface area contributed by atoms with E-state index in [4.69, 9.17) is 23.2 Å². The average Bonchev–Trinajstić information content (AvgIpc) is 2.24. The zero-order valence-corrected chi connectivity index (χ0v) is 10.4. The van der Waals surface area contributed by atoms with E-state index in [1.54, 1.807) is 14.1 Å². The molecule has 0 aliphatic heterocycles. The van der Waals surface area contributed by atoms with Gasteiger partial charge in [-0.1, -0.05) is 23.2 Å². The Balaban J connectivity index is 2.80. The molecule has 16 heavy (non-hydrogen) atoms. The third-order valence-corrected chi connectivity index (χ3v) is 2.73. The van der Waals surface area contributed by atoms with E-state index in [-0.39, 0.29) is 28.9 Å². The number of rotatable bonds is 3. The summed E-state index contributed by atoms with van der Waals surface area (Å²) >= 11 is 11.3. The first-order valence-electron chi connectivity index (χ1n) is 4.54. The summed E-state index contributed by atoms with van der Waals surface area (Å²) in [5.74, 6) is -0.0835. The molecule has 0 aliphatic carbocycles. The van der Waals surface area contributed by atoms with Gasteiger partial charge in [0.1, 0.15) is 5.02 Å². The maximum atomic E-state index is 11.5. The summed E-state index contributed by atoms with van der Waals surface area (Å²) in [6.07, 6.45) is 1.48. The Kier molecular flexibility index (Phi) is 4.32. The second-order valence-electron chi connectivity index (χ2n) is 3.37. The van der Waals surface area contributed by atoms with Gasteiger partial charge in [-0.05, 0) is 0 Å². The minimum absolute atomic E-state index is 0.0750. The first kappa shape index (κ1) is 13.0. The van der Waals surface area contributed by atoms with E-state index < -0.39 is 5.56 Å². The van der Waals surface area contributed by atoms with Crippen LogP contribution in [0.1, 0.15) is 6.42 Å². The minimum Gasteiger partial charge on any atom is -0.349 e. The Morgan fingerprint density at radius 2 is 2.12 bits per heavy atom.